The van der Waals surface area contributed by atoms with E-state index in [1.807, 2.05) is 19.1 Å². The molecule has 1 aliphatic heterocycles. The van der Waals surface area contributed by atoms with Crippen molar-refractivity contribution < 1.29 is 9.90 Å². The molecule has 0 saturated heterocycles. The fraction of sp³-hybridized carbons (Fsp3) is 0.400. The Labute approximate surface area is 157 Å². The lowest BCUT2D eigenvalue weighted by atomic mass is 9.77. The zero-order valence-electron chi connectivity index (χ0n) is 15.0. The second-order valence-corrected chi connectivity index (χ2v) is 8.48. The molecule has 2 heterocycles. The van der Waals surface area contributed by atoms with E-state index in [0.29, 0.717) is 5.92 Å². The lowest BCUT2D eigenvalue weighted by molar-refractivity contribution is -0.130. The molecule has 0 radical (unpaired) electrons. The molecular formula is C20H23N3O2S. The van der Waals surface area contributed by atoms with E-state index in [-0.39, 0.29) is 18.5 Å². The third-order valence-electron chi connectivity index (χ3n) is 5.46. The summed E-state index contributed by atoms with van der Waals surface area (Å²) in [6, 6.07) is 12.2. The highest BCUT2D eigenvalue weighted by Gasteiger charge is 2.48. The highest BCUT2D eigenvalue weighted by atomic mass is 32.1. The molecule has 3 N–H and O–H groups in total. The van der Waals surface area contributed by atoms with E-state index in [4.69, 9.17) is 10.7 Å². The summed E-state index contributed by atoms with van der Waals surface area (Å²) in [5, 5.41) is 9.43. The number of carbonyl (C=O) groups is 1. The van der Waals surface area contributed by atoms with Gasteiger partial charge in [0.1, 0.15) is 5.54 Å². The van der Waals surface area contributed by atoms with Crippen molar-refractivity contribution in [1.82, 2.24) is 4.90 Å². The van der Waals surface area contributed by atoms with E-state index >= 15 is 0 Å². The molecule has 0 bridgehead atoms. The van der Waals surface area contributed by atoms with Crippen molar-refractivity contribution in [3.8, 4) is 0 Å². The number of benzene rings is 1. The van der Waals surface area contributed by atoms with E-state index in [0.717, 1.165) is 15.3 Å². The standard InChI is InChI=1S/C20H23N3O2S/c1-20(16-10-9-15(11-24)26-16)17(18(25)23(2)19(21)22-20)14-7-5-13(6-8-14)12-3-4-12/h5-10,12,17,24H,3-4,11H2,1-2H3,(H2,21,22). The Kier molecular flexibility index (Phi) is 4.12. The minimum absolute atomic E-state index is 0.0193. The third kappa shape index (κ3) is 2.73. The maximum Gasteiger partial charge on any atom is 0.239 e. The van der Waals surface area contributed by atoms with Crippen LogP contribution >= 0.6 is 11.3 Å². The lowest BCUT2D eigenvalue weighted by Crippen LogP contribution is -2.52. The van der Waals surface area contributed by atoms with Crippen molar-refractivity contribution in [2.45, 2.75) is 43.7 Å². The first kappa shape index (κ1) is 17.2. The van der Waals surface area contributed by atoms with Crippen LogP contribution in [-0.4, -0.2) is 28.9 Å². The zero-order valence-corrected chi connectivity index (χ0v) is 15.8. The van der Waals surface area contributed by atoms with E-state index in [1.54, 1.807) is 7.05 Å². The molecule has 136 valence electrons. The third-order valence-corrected chi connectivity index (χ3v) is 6.76. The first-order valence-corrected chi connectivity index (χ1v) is 9.68. The molecule has 5 nitrogen and oxygen atoms in total. The van der Waals surface area contributed by atoms with Gasteiger partial charge in [-0.2, -0.15) is 0 Å². The maximum absolute atomic E-state index is 13.2. The molecule has 2 aliphatic rings. The van der Waals surface area contributed by atoms with Gasteiger partial charge in [0.2, 0.25) is 5.91 Å². The van der Waals surface area contributed by atoms with Gasteiger partial charge in [0.05, 0.1) is 12.5 Å². The normalized spacial score (nSPS) is 26.1. The number of guanidine groups is 1. The molecule has 1 amide bonds. The Morgan fingerprint density at radius 3 is 2.46 bits per heavy atom. The highest BCUT2D eigenvalue weighted by Crippen LogP contribution is 2.47. The number of nitrogens with two attached hydrogens (primary N) is 1. The number of thiophene rings is 1. The van der Waals surface area contributed by atoms with Crippen LogP contribution in [0, 0.1) is 0 Å². The molecule has 2 aromatic rings. The largest absolute Gasteiger partial charge is 0.391 e. The number of likely N-dealkylation sites (N-methyl/N-ethyl adjacent to an activating group) is 1. The predicted octanol–water partition coefficient (Wildman–Crippen LogP) is 2.90. The summed E-state index contributed by atoms with van der Waals surface area (Å²) in [6.07, 6.45) is 2.50. The van der Waals surface area contributed by atoms with Crippen LogP contribution in [0.15, 0.2) is 41.4 Å². The monoisotopic (exact) mass is 369 g/mol. The lowest BCUT2D eigenvalue weighted by Gasteiger charge is -2.40. The van der Waals surface area contributed by atoms with Crippen molar-refractivity contribution >= 4 is 23.2 Å². The van der Waals surface area contributed by atoms with Gasteiger partial charge in [0.15, 0.2) is 5.96 Å². The molecule has 1 fully saturated rings. The topological polar surface area (TPSA) is 78.9 Å². The summed E-state index contributed by atoms with van der Waals surface area (Å²) >= 11 is 1.48. The summed E-state index contributed by atoms with van der Waals surface area (Å²) in [5.41, 5.74) is 7.55. The van der Waals surface area contributed by atoms with Gasteiger partial charge < -0.3 is 10.8 Å². The number of aliphatic hydroxyl groups is 1. The minimum atomic E-state index is -0.785. The maximum atomic E-state index is 13.2. The SMILES string of the molecule is CN1C(=O)C(c2ccc(C3CC3)cc2)C(C)(c2ccc(CO)s2)N=C1N. The number of aliphatic imine (C=N–C) groups is 1. The van der Waals surface area contributed by atoms with Crippen molar-refractivity contribution in [2.24, 2.45) is 10.7 Å². The molecule has 0 spiro atoms. The van der Waals surface area contributed by atoms with Gasteiger partial charge in [-0.25, -0.2) is 4.99 Å². The summed E-state index contributed by atoms with van der Waals surface area (Å²) in [7, 11) is 1.67. The van der Waals surface area contributed by atoms with Crippen LogP contribution < -0.4 is 5.73 Å². The van der Waals surface area contributed by atoms with Crippen molar-refractivity contribution in [1.29, 1.82) is 0 Å². The molecule has 26 heavy (non-hydrogen) atoms. The quantitative estimate of drug-likeness (QED) is 0.870. The number of nitrogens with zero attached hydrogens (tertiary/aromatic N) is 2. The summed E-state index contributed by atoms with van der Waals surface area (Å²) in [5.74, 6) is 0.400. The van der Waals surface area contributed by atoms with E-state index < -0.39 is 11.5 Å². The van der Waals surface area contributed by atoms with Gasteiger partial charge in [-0.05, 0) is 48.9 Å². The van der Waals surface area contributed by atoms with Crippen molar-refractivity contribution in [3.05, 3.63) is 57.3 Å². The van der Waals surface area contributed by atoms with Crippen LogP contribution in [0.4, 0.5) is 0 Å². The van der Waals surface area contributed by atoms with Crippen molar-refractivity contribution in [2.75, 3.05) is 7.05 Å². The van der Waals surface area contributed by atoms with Crippen LogP contribution in [0.5, 0.6) is 0 Å². The number of amides is 1. The van der Waals surface area contributed by atoms with E-state index in [2.05, 4.69) is 24.3 Å². The van der Waals surface area contributed by atoms with Gasteiger partial charge in [0, 0.05) is 16.8 Å². The van der Waals surface area contributed by atoms with Gasteiger partial charge in [-0.1, -0.05) is 24.3 Å². The zero-order chi connectivity index (χ0) is 18.5. The van der Waals surface area contributed by atoms with E-state index in [1.165, 1.54) is 34.6 Å². The number of carbonyl (C=O) groups excluding carboxylic acids is 1. The van der Waals surface area contributed by atoms with Gasteiger partial charge in [-0.3, -0.25) is 9.69 Å². The Hall–Kier alpha value is -2.18. The van der Waals surface area contributed by atoms with Gasteiger partial charge in [-0.15, -0.1) is 11.3 Å². The Morgan fingerprint density at radius 2 is 1.88 bits per heavy atom. The van der Waals surface area contributed by atoms with Crippen LogP contribution in [0.2, 0.25) is 0 Å². The van der Waals surface area contributed by atoms with Crippen LogP contribution in [0.3, 0.4) is 0 Å². The Bertz CT molecular complexity index is 869. The fourth-order valence-electron chi connectivity index (χ4n) is 3.70. The van der Waals surface area contributed by atoms with Gasteiger partial charge in [0.25, 0.3) is 0 Å². The molecular weight excluding hydrogens is 346 g/mol. The fourth-order valence-corrected chi connectivity index (χ4v) is 4.69. The number of hydrogen-bond donors (Lipinski definition) is 2. The minimum Gasteiger partial charge on any atom is -0.391 e. The second-order valence-electron chi connectivity index (χ2n) is 7.31. The van der Waals surface area contributed by atoms with Crippen LogP contribution in [-0.2, 0) is 16.9 Å². The highest BCUT2D eigenvalue weighted by molar-refractivity contribution is 7.12. The summed E-state index contributed by atoms with van der Waals surface area (Å²) in [6.45, 7) is 1.94. The average molecular weight is 369 g/mol. The number of rotatable bonds is 4. The molecule has 2 atom stereocenters. The molecule has 2 unspecified atom stereocenters. The molecule has 1 aliphatic carbocycles. The number of hydrogen-bond acceptors (Lipinski definition) is 5. The van der Waals surface area contributed by atoms with Crippen LogP contribution in [0.25, 0.3) is 0 Å². The predicted molar refractivity (Wildman–Crippen MR) is 103 cm³/mol. The Balaban J connectivity index is 1.80. The van der Waals surface area contributed by atoms with Crippen LogP contribution in [0.1, 0.15) is 52.5 Å². The molecule has 1 aromatic heterocycles. The molecule has 6 heteroatoms. The summed E-state index contributed by atoms with van der Waals surface area (Å²) < 4.78 is 0. The van der Waals surface area contributed by atoms with E-state index in [9.17, 15) is 9.90 Å². The first-order valence-electron chi connectivity index (χ1n) is 8.87. The molecule has 1 aromatic carbocycles. The summed E-state index contributed by atoms with van der Waals surface area (Å²) in [4.78, 5) is 21.1. The first-order chi connectivity index (χ1) is 12.4. The Morgan fingerprint density at radius 1 is 1.23 bits per heavy atom. The molecule has 4 rings (SSSR count). The average Bonchev–Trinajstić information content (AvgIpc) is 3.36. The smallest absolute Gasteiger partial charge is 0.239 e. The van der Waals surface area contributed by atoms with Crippen molar-refractivity contribution in [3.63, 3.8) is 0 Å². The molecule has 1 saturated carbocycles. The number of aliphatic hydroxyl groups excluding tert-OH is 1. The van der Waals surface area contributed by atoms with Gasteiger partial charge >= 0.3 is 0 Å². The second kappa shape index (κ2) is 6.21.